The summed E-state index contributed by atoms with van der Waals surface area (Å²) in [6.45, 7) is 0. The molecule has 10 heteroatoms. The van der Waals surface area contributed by atoms with Crippen molar-refractivity contribution >= 4 is 46.8 Å². The molecule has 1 aromatic carbocycles. The zero-order chi connectivity index (χ0) is 17.8. The lowest BCUT2D eigenvalue weighted by molar-refractivity contribution is 0.0696. The highest BCUT2D eigenvalue weighted by Crippen LogP contribution is 2.33. The summed E-state index contributed by atoms with van der Waals surface area (Å²) in [5.74, 6) is -3.07. The zero-order valence-corrected chi connectivity index (χ0v) is 13.1. The minimum atomic E-state index is -1.30. The first-order chi connectivity index (χ1) is 11.2. The van der Waals surface area contributed by atoms with Crippen LogP contribution < -0.4 is 16.6 Å². The molecule has 0 saturated carbocycles. The number of halogens is 2. The van der Waals surface area contributed by atoms with E-state index in [1.165, 1.54) is 6.07 Å². The maximum absolute atomic E-state index is 12.3. The maximum atomic E-state index is 12.3. The lowest BCUT2D eigenvalue weighted by atomic mass is 10.1. The number of pyridine rings is 1. The third-order valence-electron chi connectivity index (χ3n) is 3.49. The van der Waals surface area contributed by atoms with Crippen LogP contribution in [-0.2, 0) is 0 Å². The summed E-state index contributed by atoms with van der Waals surface area (Å²) in [6, 6.07) is 3.33. The molecule has 0 radical (unpaired) electrons. The number of anilines is 1. The molecule has 0 atom stereocenters. The van der Waals surface area contributed by atoms with E-state index in [1.54, 1.807) is 0 Å². The van der Waals surface area contributed by atoms with Gasteiger partial charge in [-0.05, 0) is 12.1 Å². The smallest absolute Gasteiger partial charge is 0.337 e. The molecular formula is C14H7Cl2N3O5. The Kier molecular flexibility index (Phi) is 3.58. The average molecular weight is 368 g/mol. The second-order valence-electron chi connectivity index (χ2n) is 4.84. The van der Waals surface area contributed by atoms with E-state index in [9.17, 15) is 19.2 Å². The standard InChI is InChI=1S/C14H7Cl2N3O5/c15-9-4(14(23)24)1-2-6(10(9)16)19-7(20)3-5-8(11(19)17)13(22)18-12(5)21/h1-3H,17H2,(H,23,24)(H,18,21,22). The highest BCUT2D eigenvalue weighted by molar-refractivity contribution is 6.44. The lowest BCUT2D eigenvalue weighted by Gasteiger charge is -2.14. The van der Waals surface area contributed by atoms with Gasteiger partial charge in [-0.2, -0.15) is 0 Å². The van der Waals surface area contributed by atoms with Gasteiger partial charge < -0.3 is 10.8 Å². The minimum Gasteiger partial charge on any atom is -0.478 e. The number of nitrogens with one attached hydrogen (secondary N) is 1. The Balaban J connectivity index is 2.34. The number of carboxylic acid groups (broad SMARTS) is 1. The number of benzene rings is 1. The molecule has 122 valence electrons. The molecule has 3 rings (SSSR count). The van der Waals surface area contributed by atoms with Gasteiger partial charge in [-0.25, -0.2) is 4.79 Å². The topological polar surface area (TPSA) is 131 Å². The molecule has 0 fully saturated rings. The van der Waals surface area contributed by atoms with Crippen molar-refractivity contribution in [2.75, 3.05) is 5.73 Å². The van der Waals surface area contributed by atoms with Crippen LogP contribution in [0.2, 0.25) is 10.0 Å². The molecule has 24 heavy (non-hydrogen) atoms. The monoisotopic (exact) mass is 367 g/mol. The number of hydrogen-bond acceptors (Lipinski definition) is 5. The number of carboxylic acids is 1. The second-order valence-corrected chi connectivity index (χ2v) is 5.60. The summed E-state index contributed by atoms with van der Waals surface area (Å²) in [4.78, 5) is 46.8. The predicted octanol–water partition coefficient (Wildman–Crippen LogP) is 1.31. The summed E-state index contributed by atoms with van der Waals surface area (Å²) in [6.07, 6.45) is 0. The number of imide groups is 1. The fourth-order valence-electron chi connectivity index (χ4n) is 2.40. The Morgan fingerprint density at radius 2 is 1.79 bits per heavy atom. The predicted molar refractivity (Wildman–Crippen MR) is 85.2 cm³/mol. The van der Waals surface area contributed by atoms with E-state index < -0.39 is 23.3 Å². The van der Waals surface area contributed by atoms with Crippen molar-refractivity contribution in [2.24, 2.45) is 0 Å². The quantitative estimate of drug-likeness (QED) is 0.685. The van der Waals surface area contributed by atoms with Crippen molar-refractivity contribution in [1.29, 1.82) is 0 Å². The fraction of sp³-hybridized carbons (Fsp3) is 0. The molecule has 1 aliphatic rings. The van der Waals surface area contributed by atoms with E-state index in [2.05, 4.69) is 0 Å². The first kappa shape index (κ1) is 16.0. The molecular weight excluding hydrogens is 361 g/mol. The highest BCUT2D eigenvalue weighted by atomic mass is 35.5. The van der Waals surface area contributed by atoms with Gasteiger partial charge in [0.2, 0.25) is 0 Å². The number of nitrogen functional groups attached to an aromatic ring is 1. The Bertz CT molecular complexity index is 1010. The van der Waals surface area contributed by atoms with E-state index >= 15 is 0 Å². The van der Waals surface area contributed by atoms with E-state index in [0.29, 0.717) is 0 Å². The molecule has 2 aromatic rings. The fourth-order valence-corrected chi connectivity index (χ4v) is 2.89. The third kappa shape index (κ3) is 2.15. The van der Waals surface area contributed by atoms with Gasteiger partial charge in [0.25, 0.3) is 17.4 Å². The number of carbonyl (C=O) groups excluding carboxylic acids is 2. The third-order valence-corrected chi connectivity index (χ3v) is 4.36. The molecule has 2 amide bonds. The molecule has 0 unspecified atom stereocenters. The summed E-state index contributed by atoms with van der Waals surface area (Å²) < 4.78 is 0.886. The molecule has 1 aliphatic heterocycles. The van der Waals surface area contributed by atoms with Gasteiger partial charge in [-0.3, -0.25) is 24.3 Å². The number of rotatable bonds is 2. The number of nitrogens with zero attached hydrogens (tertiary/aromatic N) is 1. The number of nitrogens with two attached hydrogens (primary N) is 1. The maximum Gasteiger partial charge on any atom is 0.337 e. The summed E-state index contributed by atoms with van der Waals surface area (Å²) >= 11 is 12.0. The number of hydrogen-bond donors (Lipinski definition) is 3. The second kappa shape index (κ2) is 5.36. The first-order valence-electron chi connectivity index (χ1n) is 6.37. The Hall–Kier alpha value is -2.84. The van der Waals surface area contributed by atoms with Crippen LogP contribution in [0.5, 0.6) is 0 Å². The number of amides is 2. The SMILES string of the molecule is Nc1c2c(cc(=O)n1-c1ccc(C(=O)O)c(Cl)c1Cl)C(=O)NC2=O. The molecule has 0 spiro atoms. The van der Waals surface area contributed by atoms with Gasteiger partial charge in [-0.15, -0.1) is 0 Å². The van der Waals surface area contributed by atoms with Crippen molar-refractivity contribution in [1.82, 2.24) is 9.88 Å². The van der Waals surface area contributed by atoms with Crippen molar-refractivity contribution < 1.29 is 19.5 Å². The van der Waals surface area contributed by atoms with Crippen LogP contribution in [0.15, 0.2) is 23.0 Å². The largest absolute Gasteiger partial charge is 0.478 e. The van der Waals surface area contributed by atoms with Crippen molar-refractivity contribution in [3.8, 4) is 5.69 Å². The number of fused-ring (bicyclic) bond motifs is 1. The van der Waals surface area contributed by atoms with Crippen LogP contribution in [0.4, 0.5) is 5.82 Å². The van der Waals surface area contributed by atoms with Crippen LogP contribution in [0.25, 0.3) is 5.69 Å². The van der Waals surface area contributed by atoms with Crippen LogP contribution >= 0.6 is 23.2 Å². The number of carbonyl (C=O) groups is 3. The molecule has 0 bridgehead atoms. The zero-order valence-electron chi connectivity index (χ0n) is 11.6. The summed E-state index contributed by atoms with van der Waals surface area (Å²) in [5.41, 5.74) is 4.58. The van der Waals surface area contributed by atoms with Gasteiger partial charge in [0.1, 0.15) is 5.82 Å². The van der Waals surface area contributed by atoms with E-state index in [-0.39, 0.29) is 38.2 Å². The van der Waals surface area contributed by atoms with Crippen LogP contribution in [0.3, 0.4) is 0 Å². The van der Waals surface area contributed by atoms with Crippen LogP contribution in [0.1, 0.15) is 31.1 Å². The highest BCUT2D eigenvalue weighted by Gasteiger charge is 2.32. The van der Waals surface area contributed by atoms with Gasteiger partial charge in [0.05, 0.1) is 32.4 Å². The molecule has 0 aliphatic carbocycles. The van der Waals surface area contributed by atoms with Crippen molar-refractivity contribution in [2.45, 2.75) is 0 Å². The van der Waals surface area contributed by atoms with Crippen molar-refractivity contribution in [3.05, 3.63) is 55.3 Å². The van der Waals surface area contributed by atoms with E-state index in [4.69, 9.17) is 34.0 Å². The summed E-state index contributed by atoms with van der Waals surface area (Å²) in [7, 11) is 0. The van der Waals surface area contributed by atoms with Gasteiger partial charge in [0.15, 0.2) is 0 Å². The molecule has 8 nitrogen and oxygen atoms in total. The molecule has 1 aromatic heterocycles. The Morgan fingerprint density at radius 1 is 1.12 bits per heavy atom. The Morgan fingerprint density at radius 3 is 2.42 bits per heavy atom. The van der Waals surface area contributed by atoms with E-state index in [1.807, 2.05) is 5.32 Å². The number of aromatic carboxylic acids is 1. The minimum absolute atomic E-state index is 0.0101. The molecule has 0 saturated heterocycles. The Labute approximate surface area is 143 Å². The van der Waals surface area contributed by atoms with Crippen LogP contribution in [0, 0.1) is 0 Å². The molecule has 2 heterocycles. The number of aromatic nitrogens is 1. The average Bonchev–Trinajstić information content (AvgIpc) is 2.77. The summed E-state index contributed by atoms with van der Waals surface area (Å²) in [5, 5.41) is 10.5. The van der Waals surface area contributed by atoms with Gasteiger partial charge in [0, 0.05) is 6.07 Å². The normalized spacial score (nSPS) is 12.9. The first-order valence-corrected chi connectivity index (χ1v) is 7.12. The molecule has 4 N–H and O–H groups in total. The lowest BCUT2D eigenvalue weighted by Crippen LogP contribution is -2.24. The van der Waals surface area contributed by atoms with Gasteiger partial charge in [-0.1, -0.05) is 23.2 Å². The van der Waals surface area contributed by atoms with Crippen molar-refractivity contribution in [3.63, 3.8) is 0 Å². The van der Waals surface area contributed by atoms with Gasteiger partial charge >= 0.3 is 5.97 Å². The van der Waals surface area contributed by atoms with Crippen LogP contribution in [-0.4, -0.2) is 27.5 Å². The van der Waals surface area contributed by atoms with E-state index in [0.717, 1.165) is 16.7 Å².